The van der Waals surface area contributed by atoms with E-state index in [0.29, 0.717) is 19.6 Å². The number of urea groups is 1. The van der Waals surface area contributed by atoms with E-state index in [0.717, 1.165) is 5.56 Å². The molecule has 0 bridgehead atoms. The molecule has 7 nitrogen and oxygen atoms in total. The lowest BCUT2D eigenvalue weighted by atomic mass is 10.1. The van der Waals surface area contributed by atoms with Gasteiger partial charge >= 0.3 is 6.03 Å². The van der Waals surface area contributed by atoms with Gasteiger partial charge in [-0.25, -0.2) is 4.79 Å². The van der Waals surface area contributed by atoms with Crippen LogP contribution in [0.2, 0.25) is 0 Å². The molecule has 0 spiro atoms. The monoisotopic (exact) mass is 330 g/mol. The van der Waals surface area contributed by atoms with Gasteiger partial charge < -0.3 is 20.0 Å². The molecule has 2 aliphatic rings. The van der Waals surface area contributed by atoms with Crippen LogP contribution in [0.5, 0.6) is 0 Å². The lowest BCUT2D eigenvalue weighted by Gasteiger charge is -2.38. The van der Waals surface area contributed by atoms with Gasteiger partial charge in [0.1, 0.15) is 12.6 Å². The van der Waals surface area contributed by atoms with E-state index >= 15 is 0 Å². The lowest BCUT2D eigenvalue weighted by molar-refractivity contribution is -0.139. The van der Waals surface area contributed by atoms with Gasteiger partial charge in [0.05, 0.1) is 6.04 Å². The largest absolute Gasteiger partial charge is 0.350 e. The van der Waals surface area contributed by atoms with E-state index in [4.69, 9.17) is 0 Å². The van der Waals surface area contributed by atoms with E-state index in [-0.39, 0.29) is 30.4 Å². The van der Waals surface area contributed by atoms with Crippen LogP contribution < -0.4 is 5.32 Å². The predicted octanol–water partition coefficient (Wildman–Crippen LogP) is 0.270. The maximum Gasteiger partial charge on any atom is 0.321 e. The Morgan fingerprint density at radius 3 is 2.62 bits per heavy atom. The van der Waals surface area contributed by atoms with E-state index in [1.165, 1.54) is 4.90 Å². The van der Waals surface area contributed by atoms with E-state index < -0.39 is 6.04 Å². The van der Waals surface area contributed by atoms with Gasteiger partial charge in [0.25, 0.3) is 0 Å². The van der Waals surface area contributed by atoms with Crippen molar-refractivity contribution in [3.63, 3.8) is 0 Å². The van der Waals surface area contributed by atoms with Crippen molar-refractivity contribution in [2.75, 3.05) is 26.7 Å². The van der Waals surface area contributed by atoms with Crippen LogP contribution >= 0.6 is 0 Å². The van der Waals surface area contributed by atoms with Gasteiger partial charge in [-0.2, -0.15) is 0 Å². The van der Waals surface area contributed by atoms with Gasteiger partial charge in [0.2, 0.25) is 11.8 Å². The minimum absolute atomic E-state index is 0.0172. The number of benzene rings is 1. The summed E-state index contributed by atoms with van der Waals surface area (Å²) < 4.78 is 0. The lowest BCUT2D eigenvalue weighted by Crippen LogP contribution is -2.58. The third-order valence-electron chi connectivity index (χ3n) is 4.62. The highest BCUT2D eigenvalue weighted by Gasteiger charge is 2.47. The SMILES string of the molecule is C[C@H]1C(=O)N(C)C[C@H]2CN(CC(=O)NCc3ccccc3)C(=O)N21. The highest BCUT2D eigenvalue weighted by Crippen LogP contribution is 2.24. The third-order valence-corrected chi connectivity index (χ3v) is 4.62. The normalized spacial score (nSPS) is 23.5. The molecular formula is C17H22N4O3. The van der Waals surface area contributed by atoms with Crippen molar-refractivity contribution in [3.8, 4) is 0 Å². The molecule has 4 amide bonds. The van der Waals surface area contributed by atoms with Gasteiger partial charge in [-0.15, -0.1) is 0 Å². The minimum atomic E-state index is -0.473. The number of fused-ring (bicyclic) bond motifs is 1. The number of hydrogen-bond donors (Lipinski definition) is 1. The van der Waals surface area contributed by atoms with E-state index in [2.05, 4.69) is 5.32 Å². The van der Waals surface area contributed by atoms with Gasteiger partial charge in [-0.05, 0) is 12.5 Å². The highest BCUT2D eigenvalue weighted by molar-refractivity contribution is 5.91. The van der Waals surface area contributed by atoms with Crippen LogP contribution in [0.1, 0.15) is 12.5 Å². The number of nitrogens with zero attached hydrogens (tertiary/aromatic N) is 3. The molecule has 2 saturated heterocycles. The van der Waals surface area contributed by atoms with Crippen molar-refractivity contribution < 1.29 is 14.4 Å². The van der Waals surface area contributed by atoms with Crippen molar-refractivity contribution in [1.82, 2.24) is 20.0 Å². The Balaban J connectivity index is 1.57. The Bertz CT molecular complexity index is 648. The Morgan fingerprint density at radius 1 is 1.21 bits per heavy atom. The maximum atomic E-state index is 12.5. The number of nitrogens with one attached hydrogen (secondary N) is 1. The number of piperazine rings is 1. The minimum Gasteiger partial charge on any atom is -0.350 e. The molecule has 24 heavy (non-hydrogen) atoms. The van der Waals surface area contributed by atoms with Gasteiger partial charge in [-0.3, -0.25) is 9.59 Å². The summed E-state index contributed by atoms with van der Waals surface area (Å²) in [6, 6.07) is 8.87. The summed E-state index contributed by atoms with van der Waals surface area (Å²) in [7, 11) is 1.75. The molecule has 1 aromatic rings. The quantitative estimate of drug-likeness (QED) is 0.861. The number of carbonyl (C=O) groups is 3. The van der Waals surface area contributed by atoms with Gasteiger partial charge in [-0.1, -0.05) is 30.3 Å². The third kappa shape index (κ3) is 3.06. The van der Waals surface area contributed by atoms with Crippen molar-refractivity contribution in [3.05, 3.63) is 35.9 Å². The molecule has 128 valence electrons. The number of amides is 4. The van der Waals surface area contributed by atoms with Crippen LogP contribution in [-0.2, 0) is 16.1 Å². The number of likely N-dealkylation sites (N-methyl/N-ethyl adjacent to an activating group) is 1. The molecule has 0 aliphatic carbocycles. The molecule has 0 unspecified atom stereocenters. The summed E-state index contributed by atoms with van der Waals surface area (Å²) >= 11 is 0. The van der Waals surface area contributed by atoms with E-state index in [9.17, 15) is 14.4 Å². The number of carbonyl (C=O) groups excluding carboxylic acids is 3. The molecule has 0 saturated carbocycles. The Hall–Kier alpha value is -2.57. The zero-order valence-electron chi connectivity index (χ0n) is 13.9. The summed E-state index contributed by atoms with van der Waals surface area (Å²) in [5.41, 5.74) is 1.01. The van der Waals surface area contributed by atoms with Gasteiger partial charge in [0.15, 0.2) is 0 Å². The second kappa shape index (κ2) is 6.51. The number of rotatable bonds is 4. The molecule has 2 aliphatic heterocycles. The molecule has 2 fully saturated rings. The van der Waals surface area contributed by atoms with Crippen molar-refractivity contribution in [1.29, 1.82) is 0 Å². The van der Waals surface area contributed by atoms with Crippen molar-refractivity contribution >= 4 is 17.8 Å². The highest BCUT2D eigenvalue weighted by atomic mass is 16.2. The second-order valence-electron chi connectivity index (χ2n) is 6.38. The molecular weight excluding hydrogens is 308 g/mol. The van der Waals surface area contributed by atoms with Crippen LogP contribution in [0.25, 0.3) is 0 Å². The molecule has 3 rings (SSSR count). The second-order valence-corrected chi connectivity index (χ2v) is 6.38. The van der Waals surface area contributed by atoms with Crippen LogP contribution in [0.3, 0.4) is 0 Å². The standard InChI is InChI=1S/C17H22N4O3/c1-12-16(23)19(2)9-14-10-20(17(24)21(12)14)11-15(22)18-8-13-6-4-3-5-7-13/h3-7,12,14H,8-11H2,1-2H3,(H,18,22)/t12-,14-/m0/s1. The molecule has 1 N–H and O–H groups in total. The van der Waals surface area contributed by atoms with Crippen LogP contribution in [0.15, 0.2) is 30.3 Å². The first-order chi connectivity index (χ1) is 11.5. The summed E-state index contributed by atoms with van der Waals surface area (Å²) in [5.74, 6) is -0.255. The van der Waals surface area contributed by atoms with Crippen molar-refractivity contribution in [2.45, 2.75) is 25.6 Å². The smallest absolute Gasteiger partial charge is 0.321 e. The fourth-order valence-electron chi connectivity index (χ4n) is 3.37. The molecule has 0 aromatic heterocycles. The summed E-state index contributed by atoms with van der Waals surface area (Å²) in [5, 5.41) is 2.83. The zero-order valence-corrected chi connectivity index (χ0v) is 13.9. The fourth-order valence-corrected chi connectivity index (χ4v) is 3.37. The van der Waals surface area contributed by atoms with E-state index in [1.54, 1.807) is 23.8 Å². The first-order valence-corrected chi connectivity index (χ1v) is 8.10. The molecule has 2 atom stereocenters. The first kappa shape index (κ1) is 16.3. The van der Waals surface area contributed by atoms with Crippen molar-refractivity contribution in [2.24, 2.45) is 0 Å². The fraction of sp³-hybridized carbons (Fsp3) is 0.471. The number of hydrogen-bond acceptors (Lipinski definition) is 3. The van der Waals surface area contributed by atoms with Crippen LogP contribution in [0, 0.1) is 0 Å². The van der Waals surface area contributed by atoms with Crippen LogP contribution in [-0.4, -0.2) is 71.3 Å². The molecule has 0 radical (unpaired) electrons. The summed E-state index contributed by atoms with van der Waals surface area (Å²) in [4.78, 5) is 41.5. The summed E-state index contributed by atoms with van der Waals surface area (Å²) in [6.45, 7) is 3.17. The van der Waals surface area contributed by atoms with Gasteiger partial charge in [0, 0.05) is 26.7 Å². The van der Waals surface area contributed by atoms with E-state index in [1.807, 2.05) is 30.3 Å². The molecule has 2 heterocycles. The molecule has 7 heteroatoms. The first-order valence-electron chi connectivity index (χ1n) is 8.10. The topological polar surface area (TPSA) is 73.0 Å². The summed E-state index contributed by atoms with van der Waals surface area (Å²) in [6.07, 6.45) is 0. The Morgan fingerprint density at radius 2 is 1.92 bits per heavy atom. The average Bonchev–Trinajstić information content (AvgIpc) is 2.87. The average molecular weight is 330 g/mol. The molecule has 1 aromatic carbocycles. The van der Waals surface area contributed by atoms with Crippen LogP contribution in [0.4, 0.5) is 4.79 Å². The Labute approximate surface area is 141 Å². The Kier molecular flexibility index (Phi) is 4.42. The predicted molar refractivity (Wildman–Crippen MR) is 88.0 cm³/mol. The maximum absolute atomic E-state index is 12.5. The zero-order chi connectivity index (χ0) is 17.3.